The van der Waals surface area contributed by atoms with Gasteiger partial charge in [0.1, 0.15) is 0 Å². The van der Waals surface area contributed by atoms with Gasteiger partial charge in [-0.3, -0.25) is 9.80 Å². The second kappa shape index (κ2) is 4.77. The van der Waals surface area contributed by atoms with Crippen molar-refractivity contribution in [1.82, 2.24) is 9.80 Å². The molecule has 0 radical (unpaired) electrons. The number of benzene rings is 1. The van der Waals surface area contributed by atoms with Crippen LogP contribution in [0.1, 0.15) is 19.4 Å². The van der Waals surface area contributed by atoms with Crippen LogP contribution in [0, 0.1) is 0 Å². The SMILES string of the molecule is CCN(Cc1ccccc1)C(C)N1CC1. The van der Waals surface area contributed by atoms with E-state index in [1.165, 1.54) is 18.7 Å². The molecular weight excluding hydrogens is 184 g/mol. The van der Waals surface area contributed by atoms with Crippen molar-refractivity contribution in [2.24, 2.45) is 0 Å². The zero-order valence-corrected chi connectivity index (χ0v) is 9.69. The van der Waals surface area contributed by atoms with E-state index in [0.717, 1.165) is 13.1 Å². The molecule has 82 valence electrons. The van der Waals surface area contributed by atoms with Crippen LogP contribution in [-0.4, -0.2) is 35.6 Å². The zero-order valence-electron chi connectivity index (χ0n) is 9.69. The molecule has 2 heteroatoms. The molecule has 0 bridgehead atoms. The molecule has 0 spiro atoms. The summed E-state index contributed by atoms with van der Waals surface area (Å²) in [5.74, 6) is 0. The van der Waals surface area contributed by atoms with Crippen molar-refractivity contribution in [3.8, 4) is 0 Å². The van der Waals surface area contributed by atoms with Crippen molar-refractivity contribution >= 4 is 0 Å². The van der Waals surface area contributed by atoms with Gasteiger partial charge in [-0.2, -0.15) is 0 Å². The van der Waals surface area contributed by atoms with Gasteiger partial charge < -0.3 is 0 Å². The summed E-state index contributed by atoms with van der Waals surface area (Å²) in [6, 6.07) is 10.7. The quantitative estimate of drug-likeness (QED) is 0.678. The zero-order chi connectivity index (χ0) is 10.7. The second-order valence-electron chi connectivity index (χ2n) is 4.22. The van der Waals surface area contributed by atoms with Gasteiger partial charge in [-0.05, 0) is 19.0 Å². The first-order valence-corrected chi connectivity index (χ1v) is 5.83. The maximum Gasteiger partial charge on any atom is 0.0597 e. The van der Waals surface area contributed by atoms with Crippen LogP contribution in [0.15, 0.2) is 30.3 Å². The minimum Gasteiger partial charge on any atom is -0.286 e. The van der Waals surface area contributed by atoms with Gasteiger partial charge in [0.2, 0.25) is 0 Å². The van der Waals surface area contributed by atoms with Gasteiger partial charge in [-0.25, -0.2) is 0 Å². The molecule has 2 nitrogen and oxygen atoms in total. The third-order valence-corrected chi connectivity index (χ3v) is 3.17. The fraction of sp³-hybridized carbons (Fsp3) is 0.538. The maximum absolute atomic E-state index is 2.52. The van der Waals surface area contributed by atoms with E-state index in [1.807, 2.05) is 0 Å². The summed E-state index contributed by atoms with van der Waals surface area (Å²) in [4.78, 5) is 5.01. The molecule has 1 aromatic rings. The van der Waals surface area contributed by atoms with Crippen molar-refractivity contribution in [2.75, 3.05) is 19.6 Å². The van der Waals surface area contributed by atoms with Crippen LogP contribution in [0.4, 0.5) is 0 Å². The van der Waals surface area contributed by atoms with E-state index in [4.69, 9.17) is 0 Å². The minimum absolute atomic E-state index is 0.593. The first-order chi connectivity index (χ1) is 7.31. The number of hydrogen-bond donors (Lipinski definition) is 0. The van der Waals surface area contributed by atoms with E-state index in [9.17, 15) is 0 Å². The highest BCUT2D eigenvalue weighted by Gasteiger charge is 2.27. The van der Waals surface area contributed by atoms with E-state index >= 15 is 0 Å². The molecule has 1 heterocycles. The average Bonchev–Trinajstić information content (AvgIpc) is 3.10. The summed E-state index contributed by atoms with van der Waals surface area (Å²) >= 11 is 0. The highest BCUT2D eigenvalue weighted by molar-refractivity contribution is 5.14. The van der Waals surface area contributed by atoms with Crippen molar-refractivity contribution in [3.63, 3.8) is 0 Å². The van der Waals surface area contributed by atoms with E-state index < -0.39 is 0 Å². The number of rotatable bonds is 5. The number of hydrogen-bond acceptors (Lipinski definition) is 2. The Morgan fingerprint density at radius 3 is 2.47 bits per heavy atom. The van der Waals surface area contributed by atoms with Crippen molar-refractivity contribution in [3.05, 3.63) is 35.9 Å². The fourth-order valence-corrected chi connectivity index (χ4v) is 1.99. The molecule has 0 aromatic heterocycles. The molecule has 2 rings (SSSR count). The number of nitrogens with zero attached hydrogens (tertiary/aromatic N) is 2. The lowest BCUT2D eigenvalue weighted by Gasteiger charge is -2.28. The normalized spacial score (nSPS) is 18.1. The van der Waals surface area contributed by atoms with E-state index in [-0.39, 0.29) is 0 Å². The molecule has 1 aliphatic rings. The summed E-state index contributed by atoms with van der Waals surface area (Å²) in [7, 11) is 0. The largest absolute Gasteiger partial charge is 0.286 e. The van der Waals surface area contributed by atoms with Crippen LogP contribution in [0.25, 0.3) is 0 Å². The van der Waals surface area contributed by atoms with Crippen molar-refractivity contribution in [2.45, 2.75) is 26.6 Å². The van der Waals surface area contributed by atoms with Gasteiger partial charge in [-0.15, -0.1) is 0 Å². The van der Waals surface area contributed by atoms with Crippen LogP contribution < -0.4 is 0 Å². The average molecular weight is 204 g/mol. The highest BCUT2D eigenvalue weighted by Crippen LogP contribution is 2.16. The molecule has 1 atom stereocenters. The first-order valence-electron chi connectivity index (χ1n) is 5.83. The summed E-state index contributed by atoms with van der Waals surface area (Å²) < 4.78 is 0. The Morgan fingerprint density at radius 2 is 1.93 bits per heavy atom. The van der Waals surface area contributed by atoms with E-state index in [2.05, 4.69) is 54.0 Å². The molecule has 15 heavy (non-hydrogen) atoms. The Labute approximate surface area is 92.5 Å². The van der Waals surface area contributed by atoms with Crippen LogP contribution in [0.3, 0.4) is 0 Å². The Morgan fingerprint density at radius 1 is 1.27 bits per heavy atom. The third-order valence-electron chi connectivity index (χ3n) is 3.17. The third kappa shape index (κ3) is 2.80. The van der Waals surface area contributed by atoms with E-state index in [1.54, 1.807) is 0 Å². The van der Waals surface area contributed by atoms with Gasteiger partial charge in [-0.1, -0.05) is 37.3 Å². The summed E-state index contributed by atoms with van der Waals surface area (Å²) in [6.07, 6.45) is 0.593. The molecule has 0 saturated carbocycles. The van der Waals surface area contributed by atoms with Gasteiger partial charge >= 0.3 is 0 Å². The standard InChI is InChI=1S/C13H20N2/c1-3-14(12(2)15-9-10-15)11-13-7-5-4-6-8-13/h4-8,12H,3,9-11H2,1-2H3. The maximum atomic E-state index is 2.52. The molecule has 0 aliphatic carbocycles. The lowest BCUT2D eigenvalue weighted by Crippen LogP contribution is -2.37. The van der Waals surface area contributed by atoms with Crippen LogP contribution >= 0.6 is 0 Å². The Hall–Kier alpha value is -0.860. The Balaban J connectivity index is 1.95. The predicted molar refractivity (Wildman–Crippen MR) is 63.6 cm³/mol. The molecule has 0 N–H and O–H groups in total. The molecule has 1 aliphatic heterocycles. The Bertz CT molecular complexity index is 293. The van der Waals surface area contributed by atoms with Gasteiger partial charge in [0.05, 0.1) is 6.17 Å². The van der Waals surface area contributed by atoms with Crippen LogP contribution in [0.2, 0.25) is 0 Å². The smallest absolute Gasteiger partial charge is 0.0597 e. The summed E-state index contributed by atoms with van der Waals surface area (Å²) in [5, 5.41) is 0. The molecule has 0 amide bonds. The van der Waals surface area contributed by atoms with Gasteiger partial charge in [0, 0.05) is 19.6 Å². The minimum atomic E-state index is 0.593. The Kier molecular flexibility index (Phi) is 3.39. The predicted octanol–water partition coefficient (Wildman–Crippen LogP) is 2.17. The highest BCUT2D eigenvalue weighted by atomic mass is 15.4. The molecule has 1 unspecified atom stereocenters. The van der Waals surface area contributed by atoms with Crippen molar-refractivity contribution < 1.29 is 0 Å². The molecule has 1 fully saturated rings. The molecule has 1 saturated heterocycles. The van der Waals surface area contributed by atoms with Crippen molar-refractivity contribution in [1.29, 1.82) is 0 Å². The summed E-state index contributed by atoms with van der Waals surface area (Å²) in [6.45, 7) is 9.27. The first kappa shape index (κ1) is 10.7. The fourth-order valence-electron chi connectivity index (χ4n) is 1.99. The van der Waals surface area contributed by atoms with Crippen LogP contribution in [-0.2, 0) is 6.54 Å². The van der Waals surface area contributed by atoms with Crippen LogP contribution in [0.5, 0.6) is 0 Å². The summed E-state index contributed by atoms with van der Waals surface area (Å²) in [5.41, 5.74) is 1.41. The van der Waals surface area contributed by atoms with Gasteiger partial charge in [0.25, 0.3) is 0 Å². The monoisotopic (exact) mass is 204 g/mol. The molecule has 1 aromatic carbocycles. The lowest BCUT2D eigenvalue weighted by atomic mass is 10.2. The van der Waals surface area contributed by atoms with Gasteiger partial charge in [0.15, 0.2) is 0 Å². The molecular formula is C13H20N2. The van der Waals surface area contributed by atoms with E-state index in [0.29, 0.717) is 6.17 Å². The lowest BCUT2D eigenvalue weighted by molar-refractivity contribution is 0.131. The topological polar surface area (TPSA) is 6.25 Å². The second-order valence-corrected chi connectivity index (χ2v) is 4.22.